The Labute approximate surface area is 81.0 Å². The molecule has 0 aromatic heterocycles. The molecule has 1 heterocycles. The molecule has 1 radical (unpaired) electrons. The van der Waals surface area contributed by atoms with Crippen LogP contribution in [-0.2, 0) is 4.84 Å². The van der Waals surface area contributed by atoms with Gasteiger partial charge in [-0.05, 0) is 19.1 Å². The first-order valence-corrected chi connectivity index (χ1v) is 4.18. The summed E-state index contributed by atoms with van der Waals surface area (Å²) in [6.07, 6.45) is 0. The third-order valence-corrected chi connectivity index (χ3v) is 1.97. The Morgan fingerprint density at radius 2 is 1.64 bits per heavy atom. The van der Waals surface area contributed by atoms with Crippen LogP contribution in [0.15, 0.2) is 24.3 Å². The van der Waals surface area contributed by atoms with Crippen molar-refractivity contribution < 1.29 is 14.4 Å². The number of fused-ring (bicyclic) bond motifs is 1. The number of carbonyl (C=O) groups excluding carboxylic acids is 2. The van der Waals surface area contributed by atoms with Gasteiger partial charge in [0.05, 0.1) is 11.1 Å². The molecule has 0 unspecified atom stereocenters. The average Bonchev–Trinajstić information content (AvgIpc) is 2.45. The summed E-state index contributed by atoms with van der Waals surface area (Å²) >= 11 is 0. The highest BCUT2D eigenvalue weighted by Crippen LogP contribution is 2.22. The van der Waals surface area contributed by atoms with Crippen molar-refractivity contribution in [3.05, 3.63) is 42.0 Å². The van der Waals surface area contributed by atoms with Crippen LogP contribution in [-0.4, -0.2) is 16.9 Å². The zero-order valence-corrected chi connectivity index (χ0v) is 7.56. The van der Waals surface area contributed by atoms with Crippen LogP contribution in [0.4, 0.5) is 0 Å². The molecule has 14 heavy (non-hydrogen) atoms. The van der Waals surface area contributed by atoms with Crippen molar-refractivity contribution in [2.45, 2.75) is 6.92 Å². The SMILES string of the molecule is C[CH]ON1C(=O)c2ccccc2C1=O. The first kappa shape index (κ1) is 8.90. The maximum atomic E-state index is 11.6. The van der Waals surface area contributed by atoms with Gasteiger partial charge in [-0.2, -0.15) is 0 Å². The number of rotatable bonds is 2. The van der Waals surface area contributed by atoms with Gasteiger partial charge < -0.3 is 0 Å². The minimum atomic E-state index is -0.413. The van der Waals surface area contributed by atoms with E-state index in [0.29, 0.717) is 11.1 Å². The fraction of sp³-hybridized carbons (Fsp3) is 0.100. The molecule has 0 saturated carbocycles. The molecule has 0 bridgehead atoms. The average molecular weight is 190 g/mol. The Kier molecular flexibility index (Phi) is 2.05. The van der Waals surface area contributed by atoms with Crippen LogP contribution >= 0.6 is 0 Å². The molecule has 0 aliphatic carbocycles. The Hall–Kier alpha value is -1.68. The van der Waals surface area contributed by atoms with Gasteiger partial charge >= 0.3 is 0 Å². The van der Waals surface area contributed by atoms with Crippen molar-refractivity contribution >= 4 is 11.8 Å². The second kappa shape index (κ2) is 3.23. The largest absolute Gasteiger partial charge is 0.285 e. The Bertz CT molecular complexity index is 365. The number of imide groups is 1. The van der Waals surface area contributed by atoms with E-state index in [1.165, 1.54) is 6.61 Å². The van der Waals surface area contributed by atoms with Crippen LogP contribution in [0.25, 0.3) is 0 Å². The molecule has 2 amide bonds. The van der Waals surface area contributed by atoms with Crippen molar-refractivity contribution in [1.82, 2.24) is 5.06 Å². The molecule has 1 aliphatic heterocycles. The van der Waals surface area contributed by atoms with Gasteiger partial charge in [0, 0.05) is 0 Å². The molecule has 0 N–H and O–H groups in total. The van der Waals surface area contributed by atoms with E-state index in [9.17, 15) is 9.59 Å². The van der Waals surface area contributed by atoms with E-state index < -0.39 is 11.8 Å². The molecule has 0 fully saturated rings. The van der Waals surface area contributed by atoms with E-state index in [4.69, 9.17) is 4.84 Å². The highest BCUT2D eigenvalue weighted by molar-refractivity contribution is 6.20. The van der Waals surface area contributed by atoms with E-state index in [1.807, 2.05) is 0 Å². The predicted molar refractivity (Wildman–Crippen MR) is 48.0 cm³/mol. The van der Waals surface area contributed by atoms with Crippen molar-refractivity contribution in [2.75, 3.05) is 0 Å². The molecule has 2 rings (SSSR count). The summed E-state index contributed by atoms with van der Waals surface area (Å²) in [6.45, 7) is 2.89. The quantitative estimate of drug-likeness (QED) is 0.662. The summed E-state index contributed by atoms with van der Waals surface area (Å²) in [6, 6.07) is 6.63. The van der Waals surface area contributed by atoms with Crippen LogP contribution in [0.1, 0.15) is 27.6 Å². The van der Waals surface area contributed by atoms with Crippen LogP contribution in [0.3, 0.4) is 0 Å². The van der Waals surface area contributed by atoms with Gasteiger partial charge in [0.25, 0.3) is 11.8 Å². The Morgan fingerprint density at radius 3 is 2.07 bits per heavy atom. The summed E-state index contributed by atoms with van der Waals surface area (Å²) in [5.41, 5.74) is 0.777. The summed E-state index contributed by atoms with van der Waals surface area (Å²) in [7, 11) is 0. The molecule has 0 spiro atoms. The standard InChI is InChI=1S/C10H8NO3/c1-2-14-11-9(12)7-5-3-4-6-8(7)10(11)13/h2-6H,1H3. The van der Waals surface area contributed by atoms with Crippen LogP contribution in [0, 0.1) is 6.61 Å². The molecular formula is C10H8NO3. The minimum absolute atomic E-state index is 0.388. The van der Waals surface area contributed by atoms with E-state index >= 15 is 0 Å². The highest BCUT2D eigenvalue weighted by atomic mass is 16.7. The van der Waals surface area contributed by atoms with Gasteiger partial charge in [-0.3, -0.25) is 14.4 Å². The predicted octanol–water partition coefficient (Wildman–Crippen LogP) is 1.40. The molecular weight excluding hydrogens is 182 g/mol. The normalized spacial score (nSPS) is 14.8. The minimum Gasteiger partial charge on any atom is -0.266 e. The van der Waals surface area contributed by atoms with Crippen molar-refractivity contribution in [3.8, 4) is 0 Å². The molecule has 71 valence electrons. The van der Waals surface area contributed by atoms with Crippen molar-refractivity contribution in [2.24, 2.45) is 0 Å². The number of nitrogens with zero attached hydrogens (tertiary/aromatic N) is 1. The lowest BCUT2D eigenvalue weighted by Crippen LogP contribution is -2.28. The number of hydroxylamine groups is 2. The molecule has 0 atom stereocenters. The molecule has 1 aromatic rings. The zero-order valence-electron chi connectivity index (χ0n) is 7.56. The summed E-state index contributed by atoms with van der Waals surface area (Å²) in [5.74, 6) is -0.826. The highest BCUT2D eigenvalue weighted by Gasteiger charge is 2.36. The molecule has 1 aliphatic rings. The van der Waals surface area contributed by atoms with E-state index in [0.717, 1.165) is 5.06 Å². The summed E-state index contributed by atoms with van der Waals surface area (Å²) in [4.78, 5) is 27.9. The first-order valence-electron chi connectivity index (χ1n) is 4.18. The zero-order chi connectivity index (χ0) is 10.1. The first-order chi connectivity index (χ1) is 6.75. The van der Waals surface area contributed by atoms with Gasteiger partial charge in [-0.15, -0.1) is 5.06 Å². The second-order valence-corrected chi connectivity index (χ2v) is 2.79. The topological polar surface area (TPSA) is 46.6 Å². The molecule has 0 saturated heterocycles. The Morgan fingerprint density at radius 1 is 1.14 bits per heavy atom. The van der Waals surface area contributed by atoms with Gasteiger partial charge in [0.1, 0.15) is 6.61 Å². The number of benzene rings is 1. The van der Waals surface area contributed by atoms with Gasteiger partial charge in [0.15, 0.2) is 0 Å². The lowest BCUT2D eigenvalue weighted by molar-refractivity contribution is -0.0601. The van der Waals surface area contributed by atoms with Crippen LogP contribution in [0.2, 0.25) is 0 Å². The van der Waals surface area contributed by atoms with Gasteiger partial charge in [0.2, 0.25) is 0 Å². The van der Waals surface area contributed by atoms with Gasteiger partial charge in [-0.1, -0.05) is 12.1 Å². The Balaban J connectivity index is 2.43. The smallest absolute Gasteiger partial charge is 0.266 e. The maximum Gasteiger partial charge on any atom is 0.285 e. The van der Waals surface area contributed by atoms with E-state index in [1.54, 1.807) is 31.2 Å². The monoisotopic (exact) mass is 190 g/mol. The molecule has 1 aromatic carbocycles. The maximum absolute atomic E-state index is 11.6. The van der Waals surface area contributed by atoms with Crippen LogP contribution in [0.5, 0.6) is 0 Å². The van der Waals surface area contributed by atoms with E-state index in [-0.39, 0.29) is 0 Å². The molecule has 4 nitrogen and oxygen atoms in total. The number of amides is 2. The lowest BCUT2D eigenvalue weighted by Gasteiger charge is -2.10. The van der Waals surface area contributed by atoms with Crippen molar-refractivity contribution in [1.29, 1.82) is 0 Å². The van der Waals surface area contributed by atoms with Crippen molar-refractivity contribution in [3.63, 3.8) is 0 Å². The summed E-state index contributed by atoms with van der Waals surface area (Å²) in [5, 5.41) is 0.755. The van der Waals surface area contributed by atoms with Crippen LogP contribution < -0.4 is 0 Å². The third-order valence-electron chi connectivity index (χ3n) is 1.97. The summed E-state index contributed by atoms with van der Waals surface area (Å²) < 4.78 is 0. The lowest BCUT2D eigenvalue weighted by atomic mass is 10.1. The fourth-order valence-electron chi connectivity index (χ4n) is 1.37. The number of carbonyl (C=O) groups is 2. The fourth-order valence-corrected chi connectivity index (χ4v) is 1.37. The second-order valence-electron chi connectivity index (χ2n) is 2.79. The number of hydrogen-bond acceptors (Lipinski definition) is 3. The third kappa shape index (κ3) is 1.12. The molecule has 4 heteroatoms. The number of hydrogen-bond donors (Lipinski definition) is 0. The van der Waals surface area contributed by atoms with Gasteiger partial charge in [-0.25, -0.2) is 0 Å². The van der Waals surface area contributed by atoms with E-state index in [2.05, 4.69) is 0 Å².